The van der Waals surface area contributed by atoms with Gasteiger partial charge in [0.2, 0.25) is 0 Å². The third-order valence-corrected chi connectivity index (χ3v) is 2.79. The molecule has 76 valence electrons. The number of aromatic nitrogens is 1. The number of carboxylic acids is 1. The Bertz CT molecular complexity index is 493. The summed E-state index contributed by atoms with van der Waals surface area (Å²) in [6, 6.07) is 5.34. The molecule has 0 aliphatic heterocycles. The molecule has 2 aromatic heterocycles. The Labute approximate surface area is 90.0 Å². The van der Waals surface area contributed by atoms with Crippen LogP contribution >= 0.6 is 11.3 Å². The second-order valence-corrected chi connectivity index (χ2v) is 3.82. The van der Waals surface area contributed by atoms with Crippen LogP contribution in [-0.4, -0.2) is 16.1 Å². The van der Waals surface area contributed by atoms with Crippen molar-refractivity contribution in [3.8, 4) is 11.3 Å². The number of nitrogens with zero attached hydrogens (tertiary/aromatic N) is 1. The van der Waals surface area contributed by atoms with Crippen LogP contribution in [0.25, 0.3) is 11.3 Å². The summed E-state index contributed by atoms with van der Waals surface area (Å²) in [4.78, 5) is 15.1. The summed E-state index contributed by atoms with van der Waals surface area (Å²) < 4.78 is 0. The minimum absolute atomic E-state index is 0.138. The molecule has 0 saturated heterocycles. The highest BCUT2D eigenvalue weighted by molar-refractivity contribution is 7.14. The monoisotopic (exact) mass is 220 g/mol. The molecule has 15 heavy (non-hydrogen) atoms. The molecule has 2 rings (SSSR count). The van der Waals surface area contributed by atoms with Crippen molar-refractivity contribution >= 4 is 22.3 Å². The van der Waals surface area contributed by atoms with Crippen LogP contribution in [-0.2, 0) is 0 Å². The standard InChI is InChI=1S/C10H8N2O2S/c11-9-8(10(13)14)6(5-15-9)7-3-1-2-4-12-7/h1-5H,11H2,(H,13,14). The van der Waals surface area contributed by atoms with Gasteiger partial charge < -0.3 is 10.8 Å². The predicted octanol–water partition coefficient (Wildman–Crippen LogP) is 2.09. The van der Waals surface area contributed by atoms with Gasteiger partial charge in [-0.15, -0.1) is 11.3 Å². The quantitative estimate of drug-likeness (QED) is 0.812. The van der Waals surface area contributed by atoms with E-state index in [1.807, 2.05) is 6.07 Å². The molecule has 2 aromatic rings. The van der Waals surface area contributed by atoms with Crippen molar-refractivity contribution in [2.45, 2.75) is 0 Å². The second kappa shape index (κ2) is 3.70. The molecule has 0 radical (unpaired) electrons. The van der Waals surface area contributed by atoms with Gasteiger partial charge in [-0.2, -0.15) is 0 Å². The highest BCUT2D eigenvalue weighted by Gasteiger charge is 2.17. The average molecular weight is 220 g/mol. The minimum atomic E-state index is -1.02. The van der Waals surface area contributed by atoms with Gasteiger partial charge in [-0.3, -0.25) is 4.98 Å². The van der Waals surface area contributed by atoms with E-state index in [1.165, 1.54) is 11.3 Å². The summed E-state index contributed by atoms with van der Waals surface area (Å²) in [7, 11) is 0. The van der Waals surface area contributed by atoms with Gasteiger partial charge in [0.25, 0.3) is 0 Å². The highest BCUT2D eigenvalue weighted by Crippen LogP contribution is 2.32. The van der Waals surface area contributed by atoms with E-state index in [0.717, 1.165) is 0 Å². The zero-order chi connectivity index (χ0) is 10.8. The molecule has 0 atom stereocenters. The fourth-order valence-corrected chi connectivity index (χ4v) is 2.10. The number of hydrogen-bond acceptors (Lipinski definition) is 4. The molecule has 0 unspecified atom stereocenters. The minimum Gasteiger partial charge on any atom is -0.478 e. The van der Waals surface area contributed by atoms with Crippen molar-refractivity contribution in [1.29, 1.82) is 0 Å². The van der Waals surface area contributed by atoms with E-state index in [2.05, 4.69) is 4.98 Å². The van der Waals surface area contributed by atoms with Crippen LogP contribution < -0.4 is 5.73 Å². The van der Waals surface area contributed by atoms with Gasteiger partial charge in [-0.25, -0.2) is 4.79 Å². The van der Waals surface area contributed by atoms with Crippen LogP contribution in [0.15, 0.2) is 29.8 Å². The van der Waals surface area contributed by atoms with E-state index in [4.69, 9.17) is 10.8 Å². The summed E-state index contributed by atoms with van der Waals surface area (Å²) in [5, 5.41) is 11.0. The number of rotatable bonds is 2. The van der Waals surface area contributed by atoms with Gasteiger partial charge in [-0.05, 0) is 12.1 Å². The summed E-state index contributed by atoms with van der Waals surface area (Å²) in [6.45, 7) is 0. The lowest BCUT2D eigenvalue weighted by molar-refractivity contribution is 0.0699. The number of anilines is 1. The fourth-order valence-electron chi connectivity index (χ4n) is 1.30. The zero-order valence-corrected chi connectivity index (χ0v) is 8.49. The van der Waals surface area contributed by atoms with Crippen LogP contribution in [0.1, 0.15) is 10.4 Å². The van der Waals surface area contributed by atoms with E-state index in [-0.39, 0.29) is 5.56 Å². The lowest BCUT2D eigenvalue weighted by atomic mass is 10.1. The van der Waals surface area contributed by atoms with E-state index in [0.29, 0.717) is 16.3 Å². The average Bonchev–Trinajstić information content (AvgIpc) is 2.61. The Hall–Kier alpha value is -1.88. The smallest absolute Gasteiger partial charge is 0.339 e. The van der Waals surface area contributed by atoms with Gasteiger partial charge in [0.1, 0.15) is 10.6 Å². The first kappa shape index (κ1) is 9.67. The number of carboxylic acid groups (broad SMARTS) is 1. The summed E-state index contributed by atoms with van der Waals surface area (Å²) in [5.41, 5.74) is 6.93. The number of nitrogen functional groups attached to an aromatic ring is 1. The van der Waals surface area contributed by atoms with Crippen molar-refractivity contribution in [3.63, 3.8) is 0 Å². The van der Waals surface area contributed by atoms with Gasteiger partial charge in [0.05, 0.1) is 5.69 Å². The molecule has 0 aliphatic carbocycles. The topological polar surface area (TPSA) is 76.2 Å². The van der Waals surface area contributed by atoms with Gasteiger partial charge in [0.15, 0.2) is 0 Å². The number of aromatic carboxylic acids is 1. The maximum atomic E-state index is 11.0. The number of nitrogens with two attached hydrogens (primary N) is 1. The molecule has 2 heterocycles. The summed E-state index contributed by atoms with van der Waals surface area (Å²) in [6.07, 6.45) is 1.62. The maximum Gasteiger partial charge on any atom is 0.339 e. The SMILES string of the molecule is Nc1scc(-c2ccccn2)c1C(=O)O. The molecule has 0 fully saturated rings. The molecule has 0 aliphatic rings. The molecule has 4 nitrogen and oxygen atoms in total. The molecular formula is C10H8N2O2S. The van der Waals surface area contributed by atoms with E-state index >= 15 is 0 Å². The van der Waals surface area contributed by atoms with E-state index in [9.17, 15) is 4.79 Å². The lowest BCUT2D eigenvalue weighted by Crippen LogP contribution is -2.00. The summed E-state index contributed by atoms with van der Waals surface area (Å²) in [5.74, 6) is -1.02. The molecule has 0 spiro atoms. The zero-order valence-electron chi connectivity index (χ0n) is 7.68. The Kier molecular flexibility index (Phi) is 2.39. The Morgan fingerprint density at radius 3 is 2.87 bits per heavy atom. The maximum absolute atomic E-state index is 11.0. The molecule has 0 aromatic carbocycles. The third-order valence-electron chi connectivity index (χ3n) is 1.97. The predicted molar refractivity (Wildman–Crippen MR) is 58.9 cm³/mol. The number of thiophene rings is 1. The van der Waals surface area contributed by atoms with Gasteiger partial charge in [-0.1, -0.05) is 6.07 Å². The first-order valence-corrected chi connectivity index (χ1v) is 5.10. The van der Waals surface area contributed by atoms with Crippen LogP contribution in [0.4, 0.5) is 5.00 Å². The molecule has 0 amide bonds. The number of hydrogen-bond donors (Lipinski definition) is 2. The van der Waals surface area contributed by atoms with Crippen molar-refractivity contribution in [1.82, 2.24) is 4.98 Å². The fraction of sp³-hybridized carbons (Fsp3) is 0. The first-order chi connectivity index (χ1) is 7.20. The second-order valence-electron chi connectivity index (χ2n) is 2.91. The van der Waals surface area contributed by atoms with Gasteiger partial charge >= 0.3 is 5.97 Å². The first-order valence-electron chi connectivity index (χ1n) is 4.22. The number of carbonyl (C=O) groups is 1. The van der Waals surface area contributed by atoms with Crippen molar-refractivity contribution in [3.05, 3.63) is 35.3 Å². The lowest BCUT2D eigenvalue weighted by Gasteiger charge is -1.99. The van der Waals surface area contributed by atoms with Crippen molar-refractivity contribution < 1.29 is 9.90 Å². The molecule has 3 N–H and O–H groups in total. The van der Waals surface area contributed by atoms with Crippen molar-refractivity contribution in [2.24, 2.45) is 0 Å². The van der Waals surface area contributed by atoms with E-state index < -0.39 is 5.97 Å². The van der Waals surface area contributed by atoms with E-state index in [1.54, 1.807) is 23.7 Å². The molecule has 5 heteroatoms. The van der Waals surface area contributed by atoms with Crippen LogP contribution in [0.3, 0.4) is 0 Å². The largest absolute Gasteiger partial charge is 0.478 e. The molecule has 0 saturated carbocycles. The van der Waals surface area contributed by atoms with Crippen LogP contribution in [0.5, 0.6) is 0 Å². The third kappa shape index (κ3) is 1.69. The summed E-state index contributed by atoms with van der Waals surface area (Å²) >= 11 is 1.21. The Morgan fingerprint density at radius 2 is 2.27 bits per heavy atom. The Morgan fingerprint density at radius 1 is 1.47 bits per heavy atom. The van der Waals surface area contributed by atoms with Crippen LogP contribution in [0, 0.1) is 0 Å². The number of pyridine rings is 1. The van der Waals surface area contributed by atoms with Crippen LogP contribution in [0.2, 0.25) is 0 Å². The molecular weight excluding hydrogens is 212 g/mol. The van der Waals surface area contributed by atoms with Crippen molar-refractivity contribution in [2.75, 3.05) is 5.73 Å². The van der Waals surface area contributed by atoms with Gasteiger partial charge in [0, 0.05) is 17.1 Å². The molecule has 0 bridgehead atoms. The normalized spacial score (nSPS) is 10.1. The Balaban J connectivity index is 2.59. The highest BCUT2D eigenvalue weighted by atomic mass is 32.1.